The van der Waals surface area contributed by atoms with Gasteiger partial charge in [-0.15, -0.1) is 0 Å². The molecule has 2 heterocycles. The minimum Gasteiger partial charge on any atom is -0.372 e. The van der Waals surface area contributed by atoms with Gasteiger partial charge in [-0.2, -0.15) is 4.98 Å². The molecule has 140 valence electrons. The van der Waals surface area contributed by atoms with Crippen LogP contribution in [-0.4, -0.2) is 28.0 Å². The summed E-state index contributed by atoms with van der Waals surface area (Å²) in [7, 11) is 0. The van der Waals surface area contributed by atoms with Crippen LogP contribution < -0.4 is 15.5 Å². The molecule has 6 nitrogen and oxygen atoms in total. The maximum Gasteiger partial charge on any atom is 0.224 e. The highest BCUT2D eigenvalue weighted by molar-refractivity contribution is 5.65. The van der Waals surface area contributed by atoms with Crippen LogP contribution in [0.2, 0.25) is 0 Å². The zero-order valence-corrected chi connectivity index (χ0v) is 16.1. The Kier molecular flexibility index (Phi) is 6.20. The maximum absolute atomic E-state index is 4.54. The lowest BCUT2D eigenvalue weighted by Gasteiger charge is -2.22. The van der Waals surface area contributed by atoms with E-state index >= 15 is 0 Å². The topological polar surface area (TPSA) is 66.0 Å². The van der Waals surface area contributed by atoms with Gasteiger partial charge in [-0.1, -0.05) is 6.07 Å². The Hall–Kier alpha value is -3.15. The Bertz CT molecular complexity index is 862. The molecular weight excluding hydrogens is 336 g/mol. The number of rotatable bonds is 8. The average Bonchev–Trinajstić information content (AvgIpc) is 2.70. The van der Waals surface area contributed by atoms with Crippen molar-refractivity contribution in [1.29, 1.82) is 0 Å². The first-order valence-corrected chi connectivity index (χ1v) is 9.29. The molecule has 0 fully saturated rings. The summed E-state index contributed by atoms with van der Waals surface area (Å²) in [5, 5.41) is 6.60. The second-order valence-corrected chi connectivity index (χ2v) is 6.24. The predicted molar refractivity (Wildman–Crippen MR) is 112 cm³/mol. The second kappa shape index (κ2) is 8.98. The van der Waals surface area contributed by atoms with E-state index in [0.29, 0.717) is 12.5 Å². The zero-order valence-electron chi connectivity index (χ0n) is 16.1. The van der Waals surface area contributed by atoms with Crippen molar-refractivity contribution in [2.24, 2.45) is 0 Å². The molecule has 0 bridgehead atoms. The van der Waals surface area contributed by atoms with Crippen molar-refractivity contribution in [2.75, 3.05) is 28.6 Å². The number of nitrogens with one attached hydrogen (secondary N) is 2. The Morgan fingerprint density at radius 2 is 1.81 bits per heavy atom. The Labute approximate surface area is 160 Å². The Morgan fingerprint density at radius 1 is 0.963 bits per heavy atom. The Balaban J connectivity index is 1.69. The van der Waals surface area contributed by atoms with E-state index in [1.54, 1.807) is 12.4 Å². The highest BCUT2D eigenvalue weighted by Crippen LogP contribution is 2.25. The van der Waals surface area contributed by atoms with Crippen LogP contribution in [0.25, 0.3) is 0 Å². The minimum absolute atomic E-state index is 0.572. The molecule has 6 heteroatoms. The molecule has 0 aliphatic carbocycles. The monoisotopic (exact) mass is 362 g/mol. The van der Waals surface area contributed by atoms with E-state index in [9.17, 15) is 0 Å². The second-order valence-electron chi connectivity index (χ2n) is 6.24. The van der Waals surface area contributed by atoms with Gasteiger partial charge in [0.2, 0.25) is 5.95 Å². The summed E-state index contributed by atoms with van der Waals surface area (Å²) in [4.78, 5) is 15.5. The van der Waals surface area contributed by atoms with Gasteiger partial charge in [0.15, 0.2) is 0 Å². The normalized spacial score (nSPS) is 10.5. The molecule has 0 amide bonds. The van der Waals surface area contributed by atoms with E-state index < -0.39 is 0 Å². The fourth-order valence-electron chi connectivity index (χ4n) is 2.90. The molecule has 0 saturated carbocycles. The standard InChI is InChI=1S/C21H26N6/c1-4-27(5-2)18-9-10-19(16(3)14-18)25-20-11-13-23-21(26-20)24-15-17-8-6-7-12-22-17/h6-14H,4-5,15H2,1-3H3,(H2,23,24,25,26). The van der Waals surface area contributed by atoms with Crippen LogP contribution in [0, 0.1) is 6.92 Å². The number of benzene rings is 1. The van der Waals surface area contributed by atoms with Gasteiger partial charge >= 0.3 is 0 Å². The van der Waals surface area contributed by atoms with Gasteiger partial charge in [-0.3, -0.25) is 4.98 Å². The molecule has 2 aromatic heterocycles. The number of aromatic nitrogens is 3. The number of hydrogen-bond acceptors (Lipinski definition) is 6. The third kappa shape index (κ3) is 4.94. The van der Waals surface area contributed by atoms with Gasteiger partial charge in [0, 0.05) is 36.9 Å². The first kappa shape index (κ1) is 18.6. The minimum atomic E-state index is 0.572. The van der Waals surface area contributed by atoms with Crippen LogP contribution in [0.4, 0.5) is 23.1 Å². The molecule has 0 unspecified atom stereocenters. The van der Waals surface area contributed by atoms with Crippen LogP contribution in [-0.2, 0) is 6.54 Å². The average molecular weight is 362 g/mol. The smallest absolute Gasteiger partial charge is 0.224 e. The van der Waals surface area contributed by atoms with Gasteiger partial charge in [0.05, 0.1) is 12.2 Å². The molecule has 0 spiro atoms. The van der Waals surface area contributed by atoms with Gasteiger partial charge in [-0.05, 0) is 62.7 Å². The molecule has 27 heavy (non-hydrogen) atoms. The third-order valence-corrected chi connectivity index (χ3v) is 4.41. The molecule has 0 saturated heterocycles. The highest BCUT2D eigenvalue weighted by atomic mass is 15.1. The van der Waals surface area contributed by atoms with Crippen molar-refractivity contribution in [3.63, 3.8) is 0 Å². The summed E-state index contributed by atoms with van der Waals surface area (Å²) in [6.07, 6.45) is 3.52. The molecule has 3 aromatic rings. The van der Waals surface area contributed by atoms with Crippen LogP contribution in [0.1, 0.15) is 25.1 Å². The molecule has 0 aliphatic heterocycles. The lowest BCUT2D eigenvalue weighted by atomic mass is 10.1. The summed E-state index contributed by atoms with van der Waals surface area (Å²) >= 11 is 0. The van der Waals surface area contributed by atoms with Crippen molar-refractivity contribution >= 4 is 23.1 Å². The Morgan fingerprint density at radius 3 is 2.52 bits per heavy atom. The van der Waals surface area contributed by atoms with E-state index in [1.165, 1.54) is 11.3 Å². The SMILES string of the molecule is CCN(CC)c1ccc(Nc2ccnc(NCc3ccccn3)n2)c(C)c1. The van der Waals surface area contributed by atoms with Crippen molar-refractivity contribution in [3.8, 4) is 0 Å². The summed E-state index contributed by atoms with van der Waals surface area (Å²) in [5.74, 6) is 1.33. The number of nitrogens with zero attached hydrogens (tertiary/aromatic N) is 4. The van der Waals surface area contributed by atoms with Gasteiger partial charge in [-0.25, -0.2) is 4.98 Å². The van der Waals surface area contributed by atoms with Crippen LogP contribution >= 0.6 is 0 Å². The molecule has 3 rings (SSSR count). The van der Waals surface area contributed by atoms with Crippen LogP contribution in [0.5, 0.6) is 0 Å². The van der Waals surface area contributed by atoms with E-state index in [1.807, 2.05) is 24.3 Å². The van der Waals surface area contributed by atoms with E-state index in [2.05, 4.69) is 69.5 Å². The molecule has 0 atom stereocenters. The lowest BCUT2D eigenvalue weighted by Crippen LogP contribution is -2.21. The van der Waals surface area contributed by atoms with Gasteiger partial charge in [0.25, 0.3) is 0 Å². The first-order chi connectivity index (χ1) is 13.2. The highest BCUT2D eigenvalue weighted by Gasteiger charge is 2.06. The lowest BCUT2D eigenvalue weighted by molar-refractivity contribution is 0.866. The van der Waals surface area contributed by atoms with Crippen molar-refractivity contribution in [1.82, 2.24) is 15.0 Å². The van der Waals surface area contributed by atoms with Gasteiger partial charge < -0.3 is 15.5 Å². The molecule has 1 aromatic carbocycles. The zero-order chi connectivity index (χ0) is 19.1. The third-order valence-electron chi connectivity index (χ3n) is 4.41. The summed E-state index contributed by atoms with van der Waals surface area (Å²) in [5.41, 5.74) is 4.41. The first-order valence-electron chi connectivity index (χ1n) is 9.29. The van der Waals surface area contributed by atoms with Crippen LogP contribution in [0.15, 0.2) is 54.9 Å². The van der Waals surface area contributed by atoms with Crippen molar-refractivity contribution < 1.29 is 0 Å². The number of aryl methyl sites for hydroxylation is 1. The quantitative estimate of drug-likeness (QED) is 0.620. The van der Waals surface area contributed by atoms with Gasteiger partial charge in [0.1, 0.15) is 5.82 Å². The van der Waals surface area contributed by atoms with E-state index in [-0.39, 0.29) is 0 Å². The molecule has 0 radical (unpaired) electrons. The molecular formula is C21H26N6. The number of hydrogen-bond donors (Lipinski definition) is 2. The summed E-state index contributed by atoms with van der Waals surface area (Å²) in [6, 6.07) is 14.2. The summed E-state index contributed by atoms with van der Waals surface area (Å²) in [6.45, 7) is 9.04. The number of pyridine rings is 1. The molecule has 0 aliphatic rings. The fraction of sp³-hybridized carbons (Fsp3) is 0.286. The van der Waals surface area contributed by atoms with Crippen LogP contribution in [0.3, 0.4) is 0 Å². The van der Waals surface area contributed by atoms with E-state index in [0.717, 1.165) is 30.3 Å². The van der Waals surface area contributed by atoms with E-state index in [4.69, 9.17) is 0 Å². The fourth-order valence-corrected chi connectivity index (χ4v) is 2.90. The number of anilines is 4. The molecule has 2 N–H and O–H groups in total. The maximum atomic E-state index is 4.54. The predicted octanol–water partition coefficient (Wildman–Crippen LogP) is 4.38. The largest absolute Gasteiger partial charge is 0.372 e. The van der Waals surface area contributed by atoms with Crippen molar-refractivity contribution in [2.45, 2.75) is 27.3 Å². The summed E-state index contributed by atoms with van der Waals surface area (Å²) < 4.78 is 0. The van der Waals surface area contributed by atoms with Crippen molar-refractivity contribution in [3.05, 3.63) is 66.1 Å².